The maximum absolute atomic E-state index is 11.9. The molecule has 116 valence electrons. The van der Waals surface area contributed by atoms with Gasteiger partial charge < -0.3 is 15.4 Å². The Labute approximate surface area is 131 Å². The molecule has 0 atom stereocenters. The highest BCUT2D eigenvalue weighted by Gasteiger charge is 2.03. The molecule has 2 aromatic rings. The number of ether oxygens (including phenoxy) is 1. The number of nitrogens with one attached hydrogen (secondary N) is 2. The Morgan fingerprint density at radius 3 is 2.59 bits per heavy atom. The third-order valence-electron chi connectivity index (χ3n) is 3.54. The summed E-state index contributed by atoms with van der Waals surface area (Å²) in [5, 5.41) is 6.13. The Balaban J connectivity index is 1.81. The summed E-state index contributed by atoms with van der Waals surface area (Å²) < 4.78 is 5.13. The summed E-state index contributed by atoms with van der Waals surface area (Å²) in [6.07, 6.45) is 0.407. The summed E-state index contributed by atoms with van der Waals surface area (Å²) in [6.45, 7) is 4.76. The Bertz CT molecular complexity index is 653. The molecular weight excluding hydrogens is 276 g/mol. The quantitative estimate of drug-likeness (QED) is 0.854. The lowest BCUT2D eigenvalue weighted by Crippen LogP contribution is -2.16. The van der Waals surface area contributed by atoms with Crippen LogP contribution in [0.4, 0.5) is 11.4 Å². The first-order chi connectivity index (χ1) is 10.6. The standard InChI is InChI=1S/C18H22N2O2/c1-13-7-8-15(11-14(13)2)19-10-9-18(21)20-16-5-4-6-17(12-16)22-3/h4-8,11-12,19H,9-10H2,1-3H3,(H,20,21). The molecule has 0 radical (unpaired) electrons. The summed E-state index contributed by atoms with van der Waals surface area (Å²) in [5.74, 6) is 0.704. The van der Waals surface area contributed by atoms with Gasteiger partial charge in [0.1, 0.15) is 5.75 Å². The number of anilines is 2. The van der Waals surface area contributed by atoms with Gasteiger partial charge in [-0.1, -0.05) is 12.1 Å². The van der Waals surface area contributed by atoms with Gasteiger partial charge in [0, 0.05) is 30.4 Å². The van der Waals surface area contributed by atoms with Crippen LogP contribution in [0.5, 0.6) is 5.75 Å². The molecule has 0 bridgehead atoms. The van der Waals surface area contributed by atoms with Crippen molar-refractivity contribution in [1.82, 2.24) is 0 Å². The maximum atomic E-state index is 11.9. The molecule has 22 heavy (non-hydrogen) atoms. The van der Waals surface area contributed by atoms with Gasteiger partial charge in [0.2, 0.25) is 5.91 Å². The molecule has 2 aromatic carbocycles. The average Bonchev–Trinajstić information content (AvgIpc) is 2.51. The molecule has 0 heterocycles. The molecule has 1 amide bonds. The monoisotopic (exact) mass is 298 g/mol. The number of amides is 1. The second-order valence-corrected chi connectivity index (χ2v) is 5.26. The third-order valence-corrected chi connectivity index (χ3v) is 3.54. The number of aryl methyl sites for hydroxylation is 2. The van der Waals surface area contributed by atoms with Gasteiger partial charge in [-0.15, -0.1) is 0 Å². The largest absolute Gasteiger partial charge is 0.497 e. The number of carbonyl (C=O) groups excluding carboxylic acids is 1. The summed E-state index contributed by atoms with van der Waals surface area (Å²) >= 11 is 0. The van der Waals surface area contributed by atoms with Gasteiger partial charge in [-0.25, -0.2) is 0 Å². The van der Waals surface area contributed by atoms with Crippen molar-refractivity contribution >= 4 is 17.3 Å². The Kier molecular flexibility index (Phi) is 5.42. The topological polar surface area (TPSA) is 50.4 Å². The number of hydrogen-bond acceptors (Lipinski definition) is 3. The van der Waals surface area contributed by atoms with Gasteiger partial charge in [0.05, 0.1) is 7.11 Å². The van der Waals surface area contributed by atoms with Crippen LogP contribution in [-0.2, 0) is 4.79 Å². The SMILES string of the molecule is COc1cccc(NC(=O)CCNc2ccc(C)c(C)c2)c1. The van der Waals surface area contributed by atoms with E-state index < -0.39 is 0 Å². The van der Waals surface area contributed by atoms with Gasteiger partial charge in [0.25, 0.3) is 0 Å². The van der Waals surface area contributed by atoms with E-state index in [9.17, 15) is 4.79 Å². The van der Waals surface area contributed by atoms with E-state index in [0.717, 1.165) is 17.1 Å². The molecule has 0 fully saturated rings. The molecule has 2 rings (SSSR count). The van der Waals surface area contributed by atoms with E-state index in [1.54, 1.807) is 13.2 Å². The molecule has 0 spiro atoms. The van der Waals surface area contributed by atoms with E-state index in [2.05, 4.69) is 36.6 Å². The van der Waals surface area contributed by atoms with Crippen LogP contribution in [0.1, 0.15) is 17.5 Å². The fourth-order valence-electron chi connectivity index (χ4n) is 2.10. The second kappa shape index (κ2) is 7.50. The zero-order valence-corrected chi connectivity index (χ0v) is 13.3. The predicted octanol–water partition coefficient (Wildman–Crippen LogP) is 3.75. The highest BCUT2D eigenvalue weighted by molar-refractivity contribution is 5.91. The molecule has 0 saturated carbocycles. The predicted molar refractivity (Wildman–Crippen MR) is 90.6 cm³/mol. The molecule has 0 aromatic heterocycles. The summed E-state index contributed by atoms with van der Waals surface area (Å²) in [5.41, 5.74) is 4.29. The van der Waals surface area contributed by atoms with E-state index in [4.69, 9.17) is 4.74 Å². The normalized spacial score (nSPS) is 10.1. The van der Waals surface area contributed by atoms with E-state index >= 15 is 0 Å². The highest BCUT2D eigenvalue weighted by atomic mass is 16.5. The van der Waals surface area contributed by atoms with Crippen molar-refractivity contribution in [2.75, 3.05) is 24.3 Å². The molecular formula is C18H22N2O2. The number of hydrogen-bond donors (Lipinski definition) is 2. The smallest absolute Gasteiger partial charge is 0.226 e. The molecule has 2 N–H and O–H groups in total. The van der Waals surface area contributed by atoms with Crippen LogP contribution >= 0.6 is 0 Å². The van der Waals surface area contributed by atoms with Crippen molar-refractivity contribution in [2.24, 2.45) is 0 Å². The van der Waals surface area contributed by atoms with Crippen molar-refractivity contribution in [3.05, 3.63) is 53.6 Å². The fourth-order valence-corrected chi connectivity index (χ4v) is 2.10. The Morgan fingerprint density at radius 2 is 1.86 bits per heavy atom. The van der Waals surface area contributed by atoms with Gasteiger partial charge >= 0.3 is 0 Å². The van der Waals surface area contributed by atoms with Gasteiger partial charge in [-0.3, -0.25) is 4.79 Å². The van der Waals surface area contributed by atoms with E-state index in [0.29, 0.717) is 13.0 Å². The van der Waals surface area contributed by atoms with Crippen LogP contribution < -0.4 is 15.4 Å². The van der Waals surface area contributed by atoms with Crippen molar-refractivity contribution in [3.8, 4) is 5.75 Å². The van der Waals surface area contributed by atoms with Gasteiger partial charge in [-0.2, -0.15) is 0 Å². The minimum atomic E-state index is -0.0235. The van der Waals surface area contributed by atoms with Crippen molar-refractivity contribution in [3.63, 3.8) is 0 Å². The highest BCUT2D eigenvalue weighted by Crippen LogP contribution is 2.17. The van der Waals surface area contributed by atoms with Crippen LogP contribution in [0.3, 0.4) is 0 Å². The molecule has 4 heteroatoms. The molecule has 0 saturated heterocycles. The zero-order chi connectivity index (χ0) is 15.9. The van der Waals surface area contributed by atoms with E-state index in [1.807, 2.05) is 24.3 Å². The third kappa shape index (κ3) is 4.52. The van der Waals surface area contributed by atoms with Crippen LogP contribution in [0.15, 0.2) is 42.5 Å². The summed E-state index contributed by atoms with van der Waals surface area (Å²) in [4.78, 5) is 11.9. The number of carbonyl (C=O) groups is 1. The second-order valence-electron chi connectivity index (χ2n) is 5.26. The zero-order valence-electron chi connectivity index (χ0n) is 13.3. The number of rotatable bonds is 6. The first kappa shape index (κ1) is 15.9. The molecule has 0 aliphatic heterocycles. The molecule has 0 unspecified atom stereocenters. The summed E-state index contributed by atoms with van der Waals surface area (Å²) in [6, 6.07) is 13.5. The van der Waals surface area contributed by atoms with E-state index in [-0.39, 0.29) is 5.91 Å². The molecule has 0 aliphatic carbocycles. The first-order valence-electron chi connectivity index (χ1n) is 7.33. The summed E-state index contributed by atoms with van der Waals surface area (Å²) in [7, 11) is 1.61. The van der Waals surface area contributed by atoms with Crippen LogP contribution in [-0.4, -0.2) is 19.6 Å². The van der Waals surface area contributed by atoms with Crippen LogP contribution in [0.25, 0.3) is 0 Å². The minimum Gasteiger partial charge on any atom is -0.497 e. The van der Waals surface area contributed by atoms with Crippen molar-refractivity contribution in [2.45, 2.75) is 20.3 Å². The number of benzene rings is 2. The minimum absolute atomic E-state index is 0.0235. The van der Waals surface area contributed by atoms with Crippen LogP contribution in [0, 0.1) is 13.8 Å². The Hall–Kier alpha value is -2.49. The van der Waals surface area contributed by atoms with Gasteiger partial charge in [0.15, 0.2) is 0 Å². The number of methoxy groups -OCH3 is 1. The van der Waals surface area contributed by atoms with Crippen molar-refractivity contribution < 1.29 is 9.53 Å². The maximum Gasteiger partial charge on any atom is 0.226 e. The van der Waals surface area contributed by atoms with Crippen LogP contribution in [0.2, 0.25) is 0 Å². The Morgan fingerprint density at radius 1 is 1.05 bits per heavy atom. The van der Waals surface area contributed by atoms with Gasteiger partial charge in [-0.05, 0) is 49.2 Å². The molecule has 4 nitrogen and oxygen atoms in total. The van der Waals surface area contributed by atoms with Crippen molar-refractivity contribution in [1.29, 1.82) is 0 Å². The average molecular weight is 298 g/mol. The first-order valence-corrected chi connectivity index (χ1v) is 7.33. The van der Waals surface area contributed by atoms with E-state index in [1.165, 1.54) is 11.1 Å². The fraction of sp³-hybridized carbons (Fsp3) is 0.278. The molecule has 0 aliphatic rings. The lowest BCUT2D eigenvalue weighted by atomic mass is 10.1. The lowest BCUT2D eigenvalue weighted by Gasteiger charge is -2.10. The lowest BCUT2D eigenvalue weighted by molar-refractivity contribution is -0.115.